The van der Waals surface area contributed by atoms with Gasteiger partial charge >= 0.3 is 5.63 Å². The predicted octanol–water partition coefficient (Wildman–Crippen LogP) is 6.20. The summed E-state index contributed by atoms with van der Waals surface area (Å²) in [7, 11) is 0. The van der Waals surface area contributed by atoms with Crippen molar-refractivity contribution in [3.8, 4) is 16.9 Å². The summed E-state index contributed by atoms with van der Waals surface area (Å²) < 4.78 is 17.3. The highest BCUT2D eigenvalue weighted by Gasteiger charge is 2.21. The van der Waals surface area contributed by atoms with E-state index in [1.807, 2.05) is 69.3 Å². The second-order valence-corrected chi connectivity index (χ2v) is 7.32. The summed E-state index contributed by atoms with van der Waals surface area (Å²) >= 11 is 0. The van der Waals surface area contributed by atoms with E-state index >= 15 is 0 Å². The number of hydrogen-bond donors (Lipinski definition) is 1. The van der Waals surface area contributed by atoms with Gasteiger partial charge < -0.3 is 18.9 Å². The summed E-state index contributed by atoms with van der Waals surface area (Å²) in [4.78, 5) is 12.7. The molecule has 0 fully saturated rings. The lowest BCUT2D eigenvalue weighted by Gasteiger charge is -2.12. The van der Waals surface area contributed by atoms with Crippen molar-refractivity contribution < 1.29 is 13.6 Å². The van der Waals surface area contributed by atoms with Gasteiger partial charge in [-0.2, -0.15) is 0 Å². The summed E-state index contributed by atoms with van der Waals surface area (Å²) in [5.41, 5.74) is 3.51. The Morgan fingerprint density at radius 3 is 2.52 bits per heavy atom. The minimum Gasteiger partial charge on any atom is -0.491 e. The highest BCUT2D eigenvalue weighted by molar-refractivity contribution is 6.00. The lowest BCUT2D eigenvalue weighted by Crippen LogP contribution is -2.05. The molecule has 148 valence electrons. The molecule has 0 aliphatic rings. The van der Waals surface area contributed by atoms with E-state index in [4.69, 9.17) is 13.6 Å². The molecule has 29 heavy (non-hydrogen) atoms. The fraction of sp³-hybridized carbons (Fsp3) is 0.208. The van der Waals surface area contributed by atoms with Crippen LogP contribution in [-0.2, 0) is 0 Å². The Morgan fingerprint density at radius 1 is 0.966 bits per heavy atom. The number of nitrogens with one attached hydrogen (secondary N) is 1. The minimum absolute atomic E-state index is 0.0450. The topological polar surface area (TPSA) is 64.6 Å². The van der Waals surface area contributed by atoms with Crippen LogP contribution in [0.2, 0.25) is 0 Å². The molecule has 5 heteroatoms. The van der Waals surface area contributed by atoms with Crippen LogP contribution in [0.4, 0.5) is 11.6 Å². The van der Waals surface area contributed by atoms with Crippen molar-refractivity contribution in [2.45, 2.75) is 33.8 Å². The Morgan fingerprint density at radius 2 is 1.76 bits per heavy atom. The third kappa shape index (κ3) is 3.76. The van der Waals surface area contributed by atoms with Crippen molar-refractivity contribution in [1.82, 2.24) is 0 Å². The highest BCUT2D eigenvalue weighted by Crippen LogP contribution is 2.40. The molecule has 2 aromatic heterocycles. The van der Waals surface area contributed by atoms with Crippen LogP contribution in [0.25, 0.3) is 22.1 Å². The zero-order valence-electron chi connectivity index (χ0n) is 16.9. The molecule has 0 radical (unpaired) electrons. The number of ether oxygens (including phenoxy) is 1. The number of hydrogen-bond acceptors (Lipinski definition) is 5. The Balaban J connectivity index is 1.93. The van der Waals surface area contributed by atoms with Crippen LogP contribution in [0.1, 0.15) is 25.2 Å². The van der Waals surface area contributed by atoms with Gasteiger partial charge in [0.15, 0.2) is 0 Å². The first-order valence-corrected chi connectivity index (χ1v) is 9.59. The molecular formula is C24H23NO4. The molecule has 0 saturated heterocycles. The quantitative estimate of drug-likeness (QED) is 0.440. The van der Waals surface area contributed by atoms with Crippen LogP contribution in [0, 0.1) is 13.8 Å². The first-order chi connectivity index (χ1) is 13.9. The molecular weight excluding hydrogens is 366 g/mol. The van der Waals surface area contributed by atoms with E-state index in [1.165, 1.54) is 0 Å². The van der Waals surface area contributed by atoms with Gasteiger partial charge in [0.05, 0.1) is 11.7 Å². The zero-order chi connectivity index (χ0) is 20.5. The van der Waals surface area contributed by atoms with E-state index in [1.54, 1.807) is 13.0 Å². The molecule has 2 aromatic carbocycles. The first-order valence-electron chi connectivity index (χ1n) is 9.59. The number of furan rings is 1. The third-order valence-electron chi connectivity index (χ3n) is 4.62. The van der Waals surface area contributed by atoms with E-state index in [2.05, 4.69) is 5.32 Å². The Kier molecular flexibility index (Phi) is 4.89. The normalized spacial score (nSPS) is 11.2. The summed E-state index contributed by atoms with van der Waals surface area (Å²) in [5.74, 6) is 1.72. The maximum atomic E-state index is 12.7. The molecule has 0 unspecified atom stereocenters. The van der Waals surface area contributed by atoms with Gasteiger partial charge in [-0.3, -0.25) is 0 Å². The van der Waals surface area contributed by atoms with Crippen molar-refractivity contribution in [2.24, 2.45) is 0 Å². The van der Waals surface area contributed by atoms with Crippen LogP contribution in [0.15, 0.2) is 68.2 Å². The molecule has 0 amide bonds. The van der Waals surface area contributed by atoms with Gasteiger partial charge in [-0.1, -0.05) is 30.3 Å². The Bertz CT molecular complexity index is 1230. The van der Waals surface area contributed by atoms with Crippen LogP contribution in [0.3, 0.4) is 0 Å². The van der Waals surface area contributed by atoms with Crippen LogP contribution >= 0.6 is 0 Å². The largest absolute Gasteiger partial charge is 0.491 e. The Labute approximate surface area is 168 Å². The van der Waals surface area contributed by atoms with Gasteiger partial charge in [0.25, 0.3) is 0 Å². The van der Waals surface area contributed by atoms with Gasteiger partial charge in [-0.15, -0.1) is 0 Å². The van der Waals surface area contributed by atoms with Gasteiger partial charge in [-0.25, -0.2) is 4.79 Å². The van der Waals surface area contributed by atoms with Crippen LogP contribution in [0.5, 0.6) is 5.75 Å². The van der Waals surface area contributed by atoms with E-state index in [-0.39, 0.29) is 6.10 Å². The number of fused-ring (bicyclic) bond motifs is 1. The van der Waals surface area contributed by atoms with Gasteiger partial charge in [0.2, 0.25) is 5.88 Å². The smallest absolute Gasteiger partial charge is 0.347 e. The summed E-state index contributed by atoms with van der Waals surface area (Å²) in [6.45, 7) is 7.69. The molecule has 4 aromatic rings. The number of aryl methyl sites for hydroxylation is 2. The lowest BCUT2D eigenvalue weighted by atomic mass is 10.0. The summed E-state index contributed by atoms with van der Waals surface area (Å²) in [6.07, 6.45) is 0.0450. The molecule has 0 bridgehead atoms. The lowest BCUT2D eigenvalue weighted by molar-refractivity contribution is 0.242. The molecule has 5 nitrogen and oxygen atoms in total. The first kappa shape index (κ1) is 18.9. The second kappa shape index (κ2) is 7.51. The van der Waals surface area contributed by atoms with Crippen molar-refractivity contribution in [1.29, 1.82) is 0 Å². The fourth-order valence-electron chi connectivity index (χ4n) is 3.36. The van der Waals surface area contributed by atoms with E-state index < -0.39 is 5.63 Å². The number of benzene rings is 2. The number of anilines is 2. The molecule has 0 atom stereocenters. The second-order valence-electron chi connectivity index (χ2n) is 7.32. The van der Waals surface area contributed by atoms with Gasteiger partial charge in [-0.05, 0) is 57.0 Å². The van der Waals surface area contributed by atoms with Crippen molar-refractivity contribution >= 4 is 22.5 Å². The molecule has 0 spiro atoms. The minimum atomic E-state index is -0.424. The molecule has 2 heterocycles. The van der Waals surface area contributed by atoms with Crippen molar-refractivity contribution in [3.63, 3.8) is 0 Å². The number of rotatable bonds is 5. The molecule has 1 N–H and O–H groups in total. The van der Waals surface area contributed by atoms with Crippen molar-refractivity contribution in [3.05, 3.63) is 76.3 Å². The molecule has 0 aliphatic heterocycles. The van der Waals surface area contributed by atoms with Crippen molar-refractivity contribution in [2.75, 3.05) is 5.32 Å². The summed E-state index contributed by atoms with van der Waals surface area (Å²) in [5, 5.41) is 3.76. The number of para-hydroxylation sites is 1. The third-order valence-corrected chi connectivity index (χ3v) is 4.62. The average molecular weight is 389 g/mol. The monoisotopic (exact) mass is 389 g/mol. The zero-order valence-corrected chi connectivity index (χ0v) is 16.9. The van der Waals surface area contributed by atoms with Gasteiger partial charge in [0, 0.05) is 11.8 Å². The van der Waals surface area contributed by atoms with Crippen LogP contribution < -0.4 is 15.7 Å². The standard InChI is InChI=1S/C24H23NO4/c1-14(2)27-18-10-7-9-17(13-18)21-22-20(12-16(4)28-24(22)26)29-23(21)25-19-11-6-5-8-15(19)3/h5-14,25H,1-4H3. The SMILES string of the molecule is Cc1cc2oc(Nc3ccccc3C)c(-c3cccc(OC(C)C)c3)c2c(=O)o1. The molecule has 4 rings (SSSR count). The maximum absolute atomic E-state index is 12.7. The molecule has 0 aliphatic carbocycles. The highest BCUT2D eigenvalue weighted by atomic mass is 16.5. The van der Waals surface area contributed by atoms with E-state index in [0.29, 0.717) is 28.2 Å². The van der Waals surface area contributed by atoms with Gasteiger partial charge in [0.1, 0.15) is 22.5 Å². The predicted molar refractivity (Wildman–Crippen MR) is 115 cm³/mol. The average Bonchev–Trinajstić information content (AvgIpc) is 3.01. The Hall–Kier alpha value is -3.47. The van der Waals surface area contributed by atoms with E-state index in [0.717, 1.165) is 22.6 Å². The summed E-state index contributed by atoms with van der Waals surface area (Å²) in [6, 6.07) is 17.3. The van der Waals surface area contributed by atoms with Crippen LogP contribution in [-0.4, -0.2) is 6.10 Å². The maximum Gasteiger partial charge on any atom is 0.347 e. The molecule has 0 saturated carbocycles. The van der Waals surface area contributed by atoms with E-state index in [9.17, 15) is 4.79 Å². The fourth-order valence-corrected chi connectivity index (χ4v) is 3.36.